The summed E-state index contributed by atoms with van der Waals surface area (Å²) in [6.07, 6.45) is 3.12. The molecule has 2 aromatic heterocycles. The first-order valence-corrected chi connectivity index (χ1v) is 9.09. The number of pyridine rings is 1. The molecule has 2 heterocycles. The number of phenols is 1. The van der Waals surface area contributed by atoms with E-state index in [1.54, 1.807) is 24.3 Å². The molecule has 0 aliphatic heterocycles. The molecule has 8 nitrogen and oxygen atoms in total. The van der Waals surface area contributed by atoms with Crippen LogP contribution in [-0.2, 0) is 10.0 Å². The molecule has 0 saturated heterocycles. The van der Waals surface area contributed by atoms with Crippen LogP contribution < -0.4 is 10.0 Å². The summed E-state index contributed by atoms with van der Waals surface area (Å²) in [7, 11) is -4.02. The van der Waals surface area contributed by atoms with E-state index in [9.17, 15) is 13.5 Å². The number of sulfonamides is 1. The molecule has 0 saturated carbocycles. The zero-order valence-corrected chi connectivity index (χ0v) is 13.9. The van der Waals surface area contributed by atoms with Crippen molar-refractivity contribution in [3.8, 4) is 5.75 Å². The average molecular weight is 363 g/mol. The minimum atomic E-state index is -4.02. The summed E-state index contributed by atoms with van der Waals surface area (Å²) in [6.45, 7) is 4.05. The summed E-state index contributed by atoms with van der Waals surface area (Å²) in [5.74, 6) is -0.407. The SMILES string of the molecule is C=CCNc1nnc(NS(=O)(=O)c2ccc3cccnc3c2O)s1. The van der Waals surface area contributed by atoms with Crippen LogP contribution in [0.4, 0.5) is 10.3 Å². The minimum absolute atomic E-state index is 0.0853. The average Bonchev–Trinajstić information content (AvgIpc) is 3.00. The van der Waals surface area contributed by atoms with Gasteiger partial charge in [-0.05, 0) is 12.1 Å². The number of hydrogen-bond acceptors (Lipinski definition) is 8. The maximum Gasteiger partial charge on any atom is 0.267 e. The molecule has 3 rings (SSSR count). The molecule has 1 aromatic carbocycles. The maximum absolute atomic E-state index is 12.5. The highest BCUT2D eigenvalue weighted by Gasteiger charge is 2.22. The van der Waals surface area contributed by atoms with Gasteiger partial charge in [-0.3, -0.25) is 9.71 Å². The third kappa shape index (κ3) is 3.14. The van der Waals surface area contributed by atoms with Crippen molar-refractivity contribution in [2.45, 2.75) is 4.90 Å². The number of benzene rings is 1. The lowest BCUT2D eigenvalue weighted by Crippen LogP contribution is -2.13. The van der Waals surface area contributed by atoms with Gasteiger partial charge in [0.2, 0.25) is 10.3 Å². The molecule has 10 heteroatoms. The fourth-order valence-corrected chi connectivity index (χ4v) is 3.97. The second kappa shape index (κ2) is 6.42. The molecule has 0 atom stereocenters. The Morgan fingerprint density at radius 3 is 2.83 bits per heavy atom. The molecule has 0 radical (unpaired) electrons. The maximum atomic E-state index is 12.5. The van der Waals surface area contributed by atoms with Crippen LogP contribution in [0.5, 0.6) is 5.75 Å². The normalized spacial score (nSPS) is 11.3. The van der Waals surface area contributed by atoms with Gasteiger partial charge < -0.3 is 10.4 Å². The van der Waals surface area contributed by atoms with Crippen molar-refractivity contribution in [2.75, 3.05) is 16.6 Å². The van der Waals surface area contributed by atoms with Gasteiger partial charge in [-0.2, -0.15) is 0 Å². The van der Waals surface area contributed by atoms with Crippen molar-refractivity contribution in [1.82, 2.24) is 15.2 Å². The van der Waals surface area contributed by atoms with Gasteiger partial charge in [0.1, 0.15) is 10.4 Å². The van der Waals surface area contributed by atoms with E-state index in [4.69, 9.17) is 0 Å². The standard InChI is InChI=1S/C14H13N5O3S2/c1-2-7-16-13-17-18-14(23-13)19-24(21,22)10-6-5-9-4-3-8-15-11(9)12(10)20/h2-6,8,20H,1,7H2,(H,16,17)(H,18,19). The van der Waals surface area contributed by atoms with Gasteiger partial charge in [-0.15, -0.1) is 16.8 Å². The summed E-state index contributed by atoms with van der Waals surface area (Å²) in [5, 5.41) is 21.9. The van der Waals surface area contributed by atoms with E-state index in [0.717, 1.165) is 11.3 Å². The van der Waals surface area contributed by atoms with E-state index in [1.807, 2.05) is 0 Å². The van der Waals surface area contributed by atoms with Gasteiger partial charge in [-0.25, -0.2) is 8.42 Å². The number of anilines is 2. The molecule has 0 aliphatic rings. The largest absolute Gasteiger partial charge is 0.504 e. The van der Waals surface area contributed by atoms with Crippen molar-refractivity contribution in [3.05, 3.63) is 43.1 Å². The Kier molecular flexibility index (Phi) is 4.32. The van der Waals surface area contributed by atoms with Gasteiger partial charge in [0.15, 0.2) is 5.75 Å². The molecule has 0 fully saturated rings. The van der Waals surface area contributed by atoms with Gasteiger partial charge in [0.05, 0.1) is 0 Å². The second-order valence-electron chi connectivity index (χ2n) is 4.67. The van der Waals surface area contributed by atoms with E-state index in [-0.39, 0.29) is 15.5 Å². The van der Waals surface area contributed by atoms with Crippen molar-refractivity contribution >= 4 is 42.5 Å². The summed E-state index contributed by atoms with van der Waals surface area (Å²) in [4.78, 5) is 3.74. The summed E-state index contributed by atoms with van der Waals surface area (Å²) >= 11 is 1.04. The molecule has 0 amide bonds. The van der Waals surface area contributed by atoms with Crippen LogP contribution in [0, 0.1) is 0 Å². The van der Waals surface area contributed by atoms with Gasteiger partial charge in [-0.1, -0.05) is 29.5 Å². The van der Waals surface area contributed by atoms with Crippen molar-refractivity contribution in [1.29, 1.82) is 0 Å². The Bertz CT molecular complexity index is 1000. The zero-order chi connectivity index (χ0) is 17.2. The molecule has 0 unspecified atom stereocenters. The Labute approximate surface area is 141 Å². The quantitative estimate of drug-likeness (QED) is 0.575. The van der Waals surface area contributed by atoms with Crippen LogP contribution in [0.2, 0.25) is 0 Å². The monoisotopic (exact) mass is 363 g/mol. The second-order valence-corrected chi connectivity index (χ2v) is 7.30. The van der Waals surface area contributed by atoms with Crippen LogP contribution >= 0.6 is 11.3 Å². The van der Waals surface area contributed by atoms with E-state index in [0.29, 0.717) is 17.1 Å². The number of aromatic hydroxyl groups is 1. The molecular formula is C14H13N5O3S2. The number of hydrogen-bond donors (Lipinski definition) is 3. The van der Waals surface area contributed by atoms with Crippen molar-refractivity contribution in [3.63, 3.8) is 0 Å². The van der Waals surface area contributed by atoms with E-state index in [2.05, 4.69) is 31.8 Å². The van der Waals surface area contributed by atoms with E-state index in [1.165, 1.54) is 12.3 Å². The van der Waals surface area contributed by atoms with Crippen LogP contribution in [0.1, 0.15) is 0 Å². The van der Waals surface area contributed by atoms with E-state index >= 15 is 0 Å². The highest BCUT2D eigenvalue weighted by Crippen LogP contribution is 2.32. The van der Waals surface area contributed by atoms with Gasteiger partial charge in [0.25, 0.3) is 10.0 Å². The molecule has 124 valence electrons. The first-order chi connectivity index (χ1) is 11.5. The van der Waals surface area contributed by atoms with E-state index < -0.39 is 15.8 Å². The van der Waals surface area contributed by atoms with Crippen LogP contribution in [-0.4, -0.2) is 35.3 Å². The van der Waals surface area contributed by atoms with Gasteiger partial charge in [0, 0.05) is 18.1 Å². The third-order valence-corrected chi connectivity index (χ3v) is 5.34. The number of phenolic OH excluding ortho intramolecular Hbond substituents is 1. The molecular weight excluding hydrogens is 350 g/mol. The number of nitrogens with one attached hydrogen (secondary N) is 2. The first-order valence-electron chi connectivity index (χ1n) is 6.79. The Balaban J connectivity index is 1.92. The molecule has 3 N–H and O–H groups in total. The highest BCUT2D eigenvalue weighted by molar-refractivity contribution is 7.93. The zero-order valence-electron chi connectivity index (χ0n) is 12.3. The van der Waals surface area contributed by atoms with Crippen molar-refractivity contribution in [2.24, 2.45) is 0 Å². The van der Waals surface area contributed by atoms with Gasteiger partial charge >= 0.3 is 0 Å². The molecule has 3 aromatic rings. The number of aromatic nitrogens is 3. The minimum Gasteiger partial charge on any atom is -0.504 e. The summed E-state index contributed by atoms with van der Waals surface area (Å²) in [6, 6.07) is 6.33. The Morgan fingerprint density at radius 2 is 2.04 bits per heavy atom. The fraction of sp³-hybridized carbons (Fsp3) is 0.0714. The summed E-state index contributed by atoms with van der Waals surface area (Å²) in [5.41, 5.74) is 0.214. The van der Waals surface area contributed by atoms with Crippen LogP contribution in [0.25, 0.3) is 10.9 Å². The number of fused-ring (bicyclic) bond motifs is 1. The van der Waals surface area contributed by atoms with Crippen molar-refractivity contribution < 1.29 is 13.5 Å². The molecule has 0 bridgehead atoms. The summed E-state index contributed by atoms with van der Waals surface area (Å²) < 4.78 is 27.3. The predicted octanol–water partition coefficient (Wildman–Crippen LogP) is 2.19. The molecule has 0 aliphatic carbocycles. The first kappa shape index (κ1) is 16.1. The van der Waals surface area contributed by atoms with Crippen LogP contribution in [0.3, 0.4) is 0 Å². The lowest BCUT2D eigenvalue weighted by Gasteiger charge is -2.08. The lowest BCUT2D eigenvalue weighted by molar-refractivity contribution is 0.464. The Hall–Kier alpha value is -2.72. The topological polar surface area (TPSA) is 117 Å². The smallest absolute Gasteiger partial charge is 0.267 e. The number of rotatable bonds is 6. The predicted molar refractivity (Wildman–Crippen MR) is 92.8 cm³/mol. The third-order valence-electron chi connectivity index (χ3n) is 3.04. The highest BCUT2D eigenvalue weighted by atomic mass is 32.2. The Morgan fingerprint density at radius 1 is 1.25 bits per heavy atom. The fourth-order valence-electron chi connectivity index (χ4n) is 1.99. The lowest BCUT2D eigenvalue weighted by atomic mass is 10.2. The molecule has 0 spiro atoms. The number of nitrogens with zero attached hydrogens (tertiary/aromatic N) is 3. The van der Waals surface area contributed by atoms with Crippen LogP contribution in [0.15, 0.2) is 48.0 Å². The molecule has 24 heavy (non-hydrogen) atoms.